The zero-order valence-corrected chi connectivity index (χ0v) is 12.1. The predicted molar refractivity (Wildman–Crippen MR) is 72.7 cm³/mol. The maximum absolute atomic E-state index is 13.5. The van der Waals surface area contributed by atoms with Crippen molar-refractivity contribution in [2.24, 2.45) is 0 Å². The monoisotopic (exact) mass is 334 g/mol. The Morgan fingerprint density at radius 1 is 1.35 bits per heavy atom. The van der Waals surface area contributed by atoms with Crippen LogP contribution in [-0.4, -0.2) is 7.11 Å². The summed E-state index contributed by atoms with van der Waals surface area (Å²) in [6.45, 7) is 0. The average Bonchev–Trinajstić information content (AvgIpc) is 2.75. The van der Waals surface area contributed by atoms with Crippen LogP contribution in [0, 0.1) is 5.82 Å². The van der Waals surface area contributed by atoms with Crippen molar-refractivity contribution in [3.63, 3.8) is 0 Å². The Bertz CT molecular complexity index is 529. The number of thiophene rings is 1. The lowest BCUT2D eigenvalue weighted by atomic mass is 10.1. The highest BCUT2D eigenvalue weighted by Crippen LogP contribution is 2.36. The second kappa shape index (κ2) is 5.38. The van der Waals surface area contributed by atoms with Gasteiger partial charge in [-0.15, -0.1) is 22.9 Å². The SMILES string of the molecule is COc1ccc(C(Cl)c2ccc(Br)s2)cc1F. The molecule has 1 aromatic heterocycles. The highest BCUT2D eigenvalue weighted by molar-refractivity contribution is 9.11. The molecule has 2 rings (SSSR count). The van der Waals surface area contributed by atoms with Crippen LogP contribution in [0.4, 0.5) is 4.39 Å². The molecule has 90 valence electrons. The molecule has 0 aliphatic carbocycles. The van der Waals surface area contributed by atoms with Gasteiger partial charge in [0.2, 0.25) is 0 Å². The average molecular weight is 336 g/mol. The Hall–Kier alpha value is -0.580. The first-order chi connectivity index (χ1) is 8.11. The van der Waals surface area contributed by atoms with E-state index in [0.717, 1.165) is 14.2 Å². The van der Waals surface area contributed by atoms with E-state index in [0.29, 0.717) is 0 Å². The molecule has 0 N–H and O–H groups in total. The maximum atomic E-state index is 13.5. The molecule has 5 heteroatoms. The van der Waals surface area contributed by atoms with Crippen molar-refractivity contribution in [1.29, 1.82) is 0 Å². The Morgan fingerprint density at radius 2 is 2.12 bits per heavy atom. The highest BCUT2D eigenvalue weighted by Gasteiger charge is 2.15. The Kier molecular flexibility index (Phi) is 4.07. The Morgan fingerprint density at radius 3 is 2.65 bits per heavy atom. The first kappa shape index (κ1) is 12.9. The minimum absolute atomic E-state index is 0.227. The van der Waals surface area contributed by atoms with E-state index in [1.54, 1.807) is 12.1 Å². The van der Waals surface area contributed by atoms with Gasteiger partial charge in [0.15, 0.2) is 11.6 Å². The van der Waals surface area contributed by atoms with Crippen LogP contribution in [0.2, 0.25) is 0 Å². The minimum atomic E-state index is -0.397. The fourth-order valence-corrected chi connectivity index (χ4v) is 3.24. The van der Waals surface area contributed by atoms with E-state index < -0.39 is 5.82 Å². The third kappa shape index (κ3) is 2.81. The lowest BCUT2D eigenvalue weighted by Crippen LogP contribution is -1.94. The van der Waals surface area contributed by atoms with Crippen molar-refractivity contribution < 1.29 is 9.13 Å². The molecule has 0 amide bonds. The molecule has 0 radical (unpaired) electrons. The van der Waals surface area contributed by atoms with Crippen LogP contribution in [0.25, 0.3) is 0 Å². The molecular formula is C12H9BrClFOS. The molecule has 0 saturated carbocycles. The summed E-state index contributed by atoms with van der Waals surface area (Å²) in [4.78, 5) is 0.975. The van der Waals surface area contributed by atoms with Crippen molar-refractivity contribution in [3.8, 4) is 5.75 Å². The molecular weight excluding hydrogens is 327 g/mol. The van der Waals surface area contributed by atoms with Crippen molar-refractivity contribution >= 4 is 38.9 Å². The van der Waals surface area contributed by atoms with E-state index in [1.807, 2.05) is 12.1 Å². The molecule has 17 heavy (non-hydrogen) atoms. The summed E-state index contributed by atoms with van der Waals surface area (Å²) in [6, 6.07) is 8.61. The molecule has 0 aliphatic heterocycles. The van der Waals surface area contributed by atoms with Crippen molar-refractivity contribution in [2.75, 3.05) is 7.11 Å². The molecule has 0 spiro atoms. The van der Waals surface area contributed by atoms with Gasteiger partial charge in [0.1, 0.15) is 0 Å². The topological polar surface area (TPSA) is 9.23 Å². The highest BCUT2D eigenvalue weighted by atomic mass is 79.9. The summed E-state index contributed by atoms with van der Waals surface area (Å²) in [5.41, 5.74) is 0.722. The smallest absolute Gasteiger partial charge is 0.165 e. The van der Waals surface area contributed by atoms with Gasteiger partial charge in [-0.2, -0.15) is 0 Å². The van der Waals surface area contributed by atoms with Crippen LogP contribution in [0.5, 0.6) is 5.75 Å². The van der Waals surface area contributed by atoms with E-state index >= 15 is 0 Å². The molecule has 2 aromatic rings. The van der Waals surface area contributed by atoms with Gasteiger partial charge in [0, 0.05) is 4.88 Å². The molecule has 0 saturated heterocycles. The minimum Gasteiger partial charge on any atom is -0.494 e. The molecule has 1 nitrogen and oxygen atoms in total. The number of alkyl halides is 1. The van der Waals surface area contributed by atoms with Crippen LogP contribution in [0.15, 0.2) is 34.1 Å². The number of hydrogen-bond donors (Lipinski definition) is 0. The molecule has 0 bridgehead atoms. The molecule has 1 atom stereocenters. The molecule has 0 fully saturated rings. The number of hydrogen-bond acceptors (Lipinski definition) is 2. The standard InChI is InChI=1S/C12H9BrClFOS/c1-16-9-3-2-7(6-8(9)15)12(14)10-4-5-11(13)17-10/h2-6,12H,1H3. The Labute approximate surface area is 116 Å². The fraction of sp³-hybridized carbons (Fsp3) is 0.167. The fourth-order valence-electron chi connectivity index (χ4n) is 1.47. The number of ether oxygens (including phenoxy) is 1. The van der Waals surface area contributed by atoms with Gasteiger partial charge >= 0.3 is 0 Å². The maximum Gasteiger partial charge on any atom is 0.165 e. The Balaban J connectivity index is 2.31. The van der Waals surface area contributed by atoms with Gasteiger partial charge in [-0.1, -0.05) is 6.07 Å². The first-order valence-corrected chi connectivity index (χ1v) is 6.89. The zero-order chi connectivity index (χ0) is 12.4. The number of methoxy groups -OCH3 is 1. The van der Waals surface area contributed by atoms with E-state index in [-0.39, 0.29) is 11.1 Å². The second-order valence-corrected chi connectivity index (χ2v) is 6.33. The predicted octanol–water partition coefficient (Wildman–Crippen LogP) is 4.99. The first-order valence-electron chi connectivity index (χ1n) is 4.84. The van der Waals surface area contributed by atoms with Crippen molar-refractivity contribution in [2.45, 2.75) is 5.38 Å². The van der Waals surface area contributed by atoms with Crippen LogP contribution in [-0.2, 0) is 0 Å². The third-order valence-corrected chi connectivity index (χ3v) is 4.62. The number of rotatable bonds is 3. The van der Waals surface area contributed by atoms with Crippen molar-refractivity contribution in [3.05, 3.63) is 50.4 Å². The normalized spacial score (nSPS) is 12.5. The van der Waals surface area contributed by atoms with Crippen LogP contribution < -0.4 is 4.74 Å². The lowest BCUT2D eigenvalue weighted by Gasteiger charge is -2.09. The van der Waals surface area contributed by atoms with E-state index in [4.69, 9.17) is 16.3 Å². The molecule has 1 aromatic carbocycles. The molecule has 0 aliphatic rings. The quantitative estimate of drug-likeness (QED) is 0.718. The summed E-state index contributed by atoms with van der Waals surface area (Å²) in [5, 5.41) is -0.341. The summed E-state index contributed by atoms with van der Waals surface area (Å²) in [5.74, 6) is -0.170. The van der Waals surface area contributed by atoms with Gasteiger partial charge in [-0.25, -0.2) is 4.39 Å². The van der Waals surface area contributed by atoms with Crippen LogP contribution >= 0.6 is 38.9 Å². The summed E-state index contributed by atoms with van der Waals surface area (Å²) < 4.78 is 19.4. The molecule has 1 unspecified atom stereocenters. The van der Waals surface area contributed by atoms with Crippen LogP contribution in [0.1, 0.15) is 15.8 Å². The van der Waals surface area contributed by atoms with E-state index in [1.165, 1.54) is 24.5 Å². The van der Waals surface area contributed by atoms with Gasteiger partial charge in [-0.3, -0.25) is 0 Å². The molecule has 1 heterocycles. The van der Waals surface area contributed by atoms with E-state index in [9.17, 15) is 4.39 Å². The van der Waals surface area contributed by atoms with Gasteiger partial charge in [0.05, 0.1) is 16.3 Å². The van der Waals surface area contributed by atoms with Gasteiger partial charge in [0.25, 0.3) is 0 Å². The summed E-state index contributed by atoms with van der Waals surface area (Å²) in [6.07, 6.45) is 0. The van der Waals surface area contributed by atoms with Crippen LogP contribution in [0.3, 0.4) is 0 Å². The van der Waals surface area contributed by atoms with Crippen molar-refractivity contribution in [1.82, 2.24) is 0 Å². The summed E-state index contributed by atoms with van der Waals surface area (Å²) >= 11 is 11.2. The third-order valence-electron chi connectivity index (χ3n) is 2.31. The lowest BCUT2D eigenvalue weighted by molar-refractivity contribution is 0.386. The largest absolute Gasteiger partial charge is 0.494 e. The van der Waals surface area contributed by atoms with E-state index in [2.05, 4.69) is 15.9 Å². The second-order valence-electron chi connectivity index (χ2n) is 3.40. The number of benzene rings is 1. The summed E-state index contributed by atoms with van der Waals surface area (Å²) in [7, 11) is 1.44. The van der Waals surface area contributed by atoms with Gasteiger partial charge in [-0.05, 0) is 45.8 Å². The zero-order valence-electron chi connectivity index (χ0n) is 8.91. The van der Waals surface area contributed by atoms with Gasteiger partial charge < -0.3 is 4.74 Å². The number of halogens is 3.